The van der Waals surface area contributed by atoms with Crippen molar-refractivity contribution in [1.82, 2.24) is 10.2 Å². The maximum absolute atomic E-state index is 12.8. The standard InChI is InChI=1S/C15H24N2O2/c1-10-9-13(18)16-14(11-7-8-11)15(19)17(10)12-5-3-2-4-6-12/h10-12,14H,2-9H2,1H3,(H,16,18). The Kier molecular flexibility index (Phi) is 3.50. The van der Waals surface area contributed by atoms with Crippen molar-refractivity contribution >= 4 is 11.8 Å². The van der Waals surface area contributed by atoms with Gasteiger partial charge in [0.15, 0.2) is 0 Å². The van der Waals surface area contributed by atoms with E-state index in [1.807, 2.05) is 6.92 Å². The first-order valence-corrected chi connectivity index (χ1v) is 7.78. The second kappa shape index (κ2) is 5.14. The summed E-state index contributed by atoms with van der Waals surface area (Å²) in [5.41, 5.74) is 0. The highest BCUT2D eigenvalue weighted by Crippen LogP contribution is 2.36. The third kappa shape index (κ3) is 2.63. The average molecular weight is 264 g/mol. The summed E-state index contributed by atoms with van der Waals surface area (Å²) in [4.78, 5) is 26.8. The van der Waals surface area contributed by atoms with Gasteiger partial charge in [0.25, 0.3) is 0 Å². The highest BCUT2D eigenvalue weighted by molar-refractivity contribution is 5.91. The monoisotopic (exact) mass is 264 g/mol. The van der Waals surface area contributed by atoms with Gasteiger partial charge in [-0.3, -0.25) is 9.59 Å². The van der Waals surface area contributed by atoms with Crippen molar-refractivity contribution in [2.45, 2.75) is 76.4 Å². The summed E-state index contributed by atoms with van der Waals surface area (Å²) in [7, 11) is 0. The number of nitrogens with zero attached hydrogens (tertiary/aromatic N) is 1. The van der Waals surface area contributed by atoms with E-state index in [0.717, 1.165) is 25.7 Å². The maximum Gasteiger partial charge on any atom is 0.245 e. The molecule has 2 unspecified atom stereocenters. The Labute approximate surface area is 114 Å². The van der Waals surface area contributed by atoms with Gasteiger partial charge in [-0.2, -0.15) is 0 Å². The zero-order chi connectivity index (χ0) is 13.4. The molecule has 4 nitrogen and oxygen atoms in total. The number of hydrogen-bond donors (Lipinski definition) is 1. The van der Waals surface area contributed by atoms with Crippen LogP contribution in [0.15, 0.2) is 0 Å². The Morgan fingerprint density at radius 3 is 2.37 bits per heavy atom. The SMILES string of the molecule is CC1CC(=O)NC(C2CC2)C(=O)N1C1CCCCC1. The highest BCUT2D eigenvalue weighted by atomic mass is 16.2. The molecule has 2 aliphatic carbocycles. The molecule has 2 amide bonds. The lowest BCUT2D eigenvalue weighted by Crippen LogP contribution is -2.52. The minimum atomic E-state index is -0.237. The minimum absolute atomic E-state index is 0.0519. The van der Waals surface area contributed by atoms with Gasteiger partial charge >= 0.3 is 0 Å². The van der Waals surface area contributed by atoms with Crippen LogP contribution in [0.3, 0.4) is 0 Å². The lowest BCUT2D eigenvalue weighted by molar-refractivity contribution is -0.138. The van der Waals surface area contributed by atoms with Gasteiger partial charge in [0.05, 0.1) is 0 Å². The van der Waals surface area contributed by atoms with Gasteiger partial charge in [-0.05, 0) is 38.5 Å². The van der Waals surface area contributed by atoms with Gasteiger partial charge in [0.1, 0.15) is 6.04 Å². The van der Waals surface area contributed by atoms with Crippen LogP contribution >= 0.6 is 0 Å². The molecule has 19 heavy (non-hydrogen) atoms. The predicted octanol–water partition coefficient (Wildman–Crippen LogP) is 1.83. The van der Waals surface area contributed by atoms with Crippen LogP contribution in [-0.2, 0) is 9.59 Å². The summed E-state index contributed by atoms with van der Waals surface area (Å²) < 4.78 is 0. The van der Waals surface area contributed by atoms with E-state index in [-0.39, 0.29) is 23.9 Å². The van der Waals surface area contributed by atoms with Crippen molar-refractivity contribution < 1.29 is 9.59 Å². The molecule has 4 heteroatoms. The molecule has 1 aliphatic heterocycles. The Balaban J connectivity index is 1.81. The molecule has 0 aromatic rings. The third-order valence-corrected chi connectivity index (χ3v) is 4.85. The number of carbonyl (C=O) groups is 2. The van der Waals surface area contributed by atoms with Crippen molar-refractivity contribution in [3.05, 3.63) is 0 Å². The number of nitrogens with one attached hydrogen (secondary N) is 1. The fourth-order valence-electron chi connectivity index (χ4n) is 3.69. The first-order valence-electron chi connectivity index (χ1n) is 7.78. The molecule has 106 valence electrons. The minimum Gasteiger partial charge on any atom is -0.344 e. The van der Waals surface area contributed by atoms with Gasteiger partial charge in [-0.25, -0.2) is 0 Å². The van der Waals surface area contributed by atoms with Crippen molar-refractivity contribution in [1.29, 1.82) is 0 Å². The van der Waals surface area contributed by atoms with Crippen LogP contribution in [0.2, 0.25) is 0 Å². The first-order chi connectivity index (χ1) is 9.16. The van der Waals surface area contributed by atoms with Crippen LogP contribution in [0.4, 0.5) is 0 Å². The van der Waals surface area contributed by atoms with Crippen molar-refractivity contribution in [2.24, 2.45) is 5.92 Å². The van der Waals surface area contributed by atoms with E-state index in [9.17, 15) is 9.59 Å². The van der Waals surface area contributed by atoms with Gasteiger partial charge in [0.2, 0.25) is 11.8 Å². The van der Waals surface area contributed by atoms with E-state index in [1.54, 1.807) is 0 Å². The van der Waals surface area contributed by atoms with Crippen molar-refractivity contribution in [3.8, 4) is 0 Å². The molecule has 1 saturated heterocycles. The predicted molar refractivity (Wildman–Crippen MR) is 72.5 cm³/mol. The smallest absolute Gasteiger partial charge is 0.245 e. The fourth-order valence-corrected chi connectivity index (χ4v) is 3.69. The summed E-state index contributed by atoms with van der Waals surface area (Å²) in [5.74, 6) is 0.636. The van der Waals surface area contributed by atoms with Crippen LogP contribution < -0.4 is 5.32 Å². The molecule has 1 N–H and O–H groups in total. The van der Waals surface area contributed by atoms with E-state index < -0.39 is 0 Å². The van der Waals surface area contributed by atoms with Crippen LogP contribution in [0, 0.1) is 5.92 Å². The van der Waals surface area contributed by atoms with Crippen molar-refractivity contribution in [3.63, 3.8) is 0 Å². The molecule has 3 fully saturated rings. The zero-order valence-corrected chi connectivity index (χ0v) is 11.7. The first kappa shape index (κ1) is 12.9. The fraction of sp³-hybridized carbons (Fsp3) is 0.867. The molecule has 2 atom stereocenters. The topological polar surface area (TPSA) is 49.4 Å². The quantitative estimate of drug-likeness (QED) is 0.827. The maximum atomic E-state index is 12.8. The molecular weight excluding hydrogens is 240 g/mol. The Morgan fingerprint density at radius 1 is 1.05 bits per heavy atom. The largest absolute Gasteiger partial charge is 0.344 e. The van der Waals surface area contributed by atoms with Gasteiger partial charge in [-0.15, -0.1) is 0 Å². The molecule has 0 radical (unpaired) electrons. The molecule has 0 bridgehead atoms. The Bertz CT molecular complexity index is 372. The van der Waals surface area contributed by atoms with Gasteiger partial charge in [0, 0.05) is 18.5 Å². The third-order valence-electron chi connectivity index (χ3n) is 4.85. The van der Waals surface area contributed by atoms with E-state index in [0.29, 0.717) is 18.4 Å². The number of rotatable bonds is 2. The summed E-state index contributed by atoms with van der Waals surface area (Å²) in [5, 5.41) is 2.96. The van der Waals surface area contributed by atoms with Crippen LogP contribution in [0.25, 0.3) is 0 Å². The van der Waals surface area contributed by atoms with E-state index >= 15 is 0 Å². The number of carbonyl (C=O) groups excluding carboxylic acids is 2. The van der Waals surface area contributed by atoms with Crippen molar-refractivity contribution in [2.75, 3.05) is 0 Å². The Morgan fingerprint density at radius 2 is 1.74 bits per heavy atom. The molecule has 3 aliphatic rings. The normalized spacial score (nSPS) is 34.1. The lowest BCUT2D eigenvalue weighted by Gasteiger charge is -2.38. The molecule has 0 aromatic carbocycles. The molecule has 0 aromatic heterocycles. The van der Waals surface area contributed by atoms with Gasteiger partial charge < -0.3 is 10.2 Å². The summed E-state index contributed by atoms with van der Waals surface area (Å²) in [6.07, 6.45) is 8.59. The summed E-state index contributed by atoms with van der Waals surface area (Å²) >= 11 is 0. The van der Waals surface area contributed by atoms with Crippen LogP contribution in [0.5, 0.6) is 0 Å². The van der Waals surface area contributed by atoms with Crippen LogP contribution in [-0.4, -0.2) is 34.8 Å². The second-order valence-corrected chi connectivity index (χ2v) is 6.47. The second-order valence-electron chi connectivity index (χ2n) is 6.47. The van der Waals surface area contributed by atoms with E-state index in [4.69, 9.17) is 0 Å². The molecule has 3 rings (SSSR count). The molecule has 2 saturated carbocycles. The molecule has 0 spiro atoms. The number of amides is 2. The van der Waals surface area contributed by atoms with Crippen LogP contribution in [0.1, 0.15) is 58.3 Å². The average Bonchev–Trinajstić information content (AvgIpc) is 3.21. The lowest BCUT2D eigenvalue weighted by atomic mass is 9.92. The van der Waals surface area contributed by atoms with E-state index in [2.05, 4.69) is 10.2 Å². The molecular formula is C15H24N2O2. The summed E-state index contributed by atoms with van der Waals surface area (Å²) in [6.45, 7) is 2.03. The number of hydrogen-bond acceptors (Lipinski definition) is 2. The molecule has 1 heterocycles. The van der Waals surface area contributed by atoms with E-state index in [1.165, 1.54) is 19.3 Å². The summed E-state index contributed by atoms with van der Waals surface area (Å²) in [6, 6.07) is 0.184. The Hall–Kier alpha value is -1.06. The zero-order valence-electron chi connectivity index (χ0n) is 11.7. The van der Waals surface area contributed by atoms with Gasteiger partial charge in [-0.1, -0.05) is 19.3 Å². The highest BCUT2D eigenvalue weighted by Gasteiger charge is 2.44.